The van der Waals surface area contributed by atoms with E-state index in [1.165, 1.54) is 11.1 Å². The lowest BCUT2D eigenvalue weighted by Gasteiger charge is -2.08. The van der Waals surface area contributed by atoms with Crippen LogP contribution in [-0.4, -0.2) is 6.21 Å². The van der Waals surface area contributed by atoms with Gasteiger partial charge in [0.2, 0.25) is 0 Å². The molecule has 0 aromatic heterocycles. The Bertz CT molecular complexity index is 904. The monoisotopic (exact) mass is 364 g/mol. The molecule has 0 aliphatic rings. The molecule has 0 atom stereocenters. The molecular formula is C22H21ClN2O. The Morgan fingerprint density at radius 3 is 2.46 bits per heavy atom. The summed E-state index contributed by atoms with van der Waals surface area (Å²) in [5.74, 6) is 0.837. The van der Waals surface area contributed by atoms with Crippen molar-refractivity contribution in [2.45, 2.75) is 20.5 Å². The van der Waals surface area contributed by atoms with E-state index < -0.39 is 0 Å². The van der Waals surface area contributed by atoms with E-state index in [1.807, 2.05) is 61.5 Å². The SMILES string of the molecule is Cc1ccc(NN=Cc2ccc(OCc3ccccc3C)cc2)cc1Cl. The zero-order chi connectivity index (χ0) is 18.4. The summed E-state index contributed by atoms with van der Waals surface area (Å²) in [7, 11) is 0. The standard InChI is InChI=1S/C22H21ClN2O/c1-16-5-3-4-6-19(16)15-26-21-11-8-18(9-12-21)14-24-25-20-10-7-17(2)22(23)13-20/h3-14,25H,15H2,1-2H3. The molecule has 0 saturated carbocycles. The summed E-state index contributed by atoms with van der Waals surface area (Å²) in [5.41, 5.74) is 8.30. The largest absolute Gasteiger partial charge is 0.489 e. The second-order valence-corrected chi connectivity index (χ2v) is 6.53. The number of aryl methyl sites for hydroxylation is 2. The van der Waals surface area contributed by atoms with Gasteiger partial charge in [0.25, 0.3) is 0 Å². The fourth-order valence-corrected chi connectivity index (χ4v) is 2.61. The van der Waals surface area contributed by atoms with Crippen molar-refractivity contribution in [2.75, 3.05) is 5.43 Å². The minimum absolute atomic E-state index is 0.565. The Labute approximate surface area is 159 Å². The molecule has 0 spiro atoms. The molecule has 3 nitrogen and oxygen atoms in total. The number of ether oxygens (including phenoxy) is 1. The lowest BCUT2D eigenvalue weighted by atomic mass is 10.1. The normalized spacial score (nSPS) is 10.9. The van der Waals surface area contributed by atoms with Gasteiger partial charge in [-0.3, -0.25) is 5.43 Å². The lowest BCUT2D eigenvalue weighted by molar-refractivity contribution is 0.305. The average molecular weight is 365 g/mol. The lowest BCUT2D eigenvalue weighted by Crippen LogP contribution is -1.97. The van der Waals surface area contributed by atoms with Gasteiger partial charge in [0.05, 0.1) is 11.9 Å². The number of rotatable bonds is 6. The van der Waals surface area contributed by atoms with E-state index in [9.17, 15) is 0 Å². The summed E-state index contributed by atoms with van der Waals surface area (Å²) >= 11 is 6.11. The van der Waals surface area contributed by atoms with E-state index >= 15 is 0 Å². The van der Waals surface area contributed by atoms with Crippen molar-refractivity contribution in [3.8, 4) is 5.75 Å². The van der Waals surface area contributed by atoms with Crippen molar-refractivity contribution >= 4 is 23.5 Å². The molecule has 0 heterocycles. The van der Waals surface area contributed by atoms with Crippen LogP contribution in [0.5, 0.6) is 5.75 Å². The smallest absolute Gasteiger partial charge is 0.119 e. The molecule has 3 rings (SSSR count). The highest BCUT2D eigenvalue weighted by atomic mass is 35.5. The first-order valence-corrected chi connectivity index (χ1v) is 8.82. The van der Waals surface area contributed by atoms with E-state index in [0.29, 0.717) is 6.61 Å². The molecule has 0 bridgehead atoms. The summed E-state index contributed by atoms with van der Waals surface area (Å²) in [6.45, 7) is 4.63. The predicted molar refractivity (Wildman–Crippen MR) is 109 cm³/mol. The topological polar surface area (TPSA) is 33.6 Å². The van der Waals surface area contributed by atoms with Crippen LogP contribution >= 0.6 is 11.6 Å². The third kappa shape index (κ3) is 4.87. The number of nitrogens with zero attached hydrogens (tertiary/aromatic N) is 1. The van der Waals surface area contributed by atoms with Crippen LogP contribution in [0.4, 0.5) is 5.69 Å². The summed E-state index contributed by atoms with van der Waals surface area (Å²) in [6.07, 6.45) is 1.76. The van der Waals surface area contributed by atoms with Crippen molar-refractivity contribution in [3.05, 3.63) is 94.0 Å². The first-order valence-electron chi connectivity index (χ1n) is 8.44. The van der Waals surface area contributed by atoms with Crippen molar-refractivity contribution in [1.82, 2.24) is 0 Å². The van der Waals surface area contributed by atoms with Crippen LogP contribution in [0.3, 0.4) is 0 Å². The molecule has 132 valence electrons. The summed E-state index contributed by atoms with van der Waals surface area (Å²) in [6, 6.07) is 21.8. The van der Waals surface area contributed by atoms with Gasteiger partial charge in [-0.2, -0.15) is 5.10 Å². The summed E-state index contributed by atoms with van der Waals surface area (Å²) in [4.78, 5) is 0. The maximum atomic E-state index is 6.11. The number of anilines is 1. The van der Waals surface area contributed by atoms with Gasteiger partial charge in [0.1, 0.15) is 12.4 Å². The van der Waals surface area contributed by atoms with Gasteiger partial charge >= 0.3 is 0 Å². The second kappa shape index (κ2) is 8.54. The molecule has 1 N–H and O–H groups in total. The molecule has 0 aliphatic carbocycles. The fourth-order valence-electron chi connectivity index (χ4n) is 2.43. The second-order valence-electron chi connectivity index (χ2n) is 6.12. The van der Waals surface area contributed by atoms with E-state index in [-0.39, 0.29) is 0 Å². The Balaban J connectivity index is 1.55. The highest BCUT2D eigenvalue weighted by Crippen LogP contribution is 2.20. The molecule has 3 aromatic rings. The zero-order valence-corrected chi connectivity index (χ0v) is 15.6. The van der Waals surface area contributed by atoms with E-state index in [4.69, 9.17) is 16.3 Å². The van der Waals surface area contributed by atoms with Gasteiger partial charge in [0, 0.05) is 5.02 Å². The van der Waals surface area contributed by atoms with Crippen molar-refractivity contribution in [2.24, 2.45) is 5.10 Å². The van der Waals surface area contributed by atoms with Crippen LogP contribution in [0.15, 0.2) is 71.8 Å². The highest BCUT2D eigenvalue weighted by Gasteiger charge is 1.99. The Morgan fingerprint density at radius 1 is 0.962 bits per heavy atom. The summed E-state index contributed by atoms with van der Waals surface area (Å²) < 4.78 is 5.85. The number of halogens is 1. The van der Waals surface area contributed by atoms with Crippen molar-refractivity contribution in [3.63, 3.8) is 0 Å². The van der Waals surface area contributed by atoms with Crippen molar-refractivity contribution in [1.29, 1.82) is 0 Å². The molecule has 4 heteroatoms. The Morgan fingerprint density at radius 2 is 1.73 bits per heavy atom. The van der Waals surface area contributed by atoms with Crippen LogP contribution in [0.1, 0.15) is 22.3 Å². The van der Waals surface area contributed by atoms with Crippen LogP contribution in [0, 0.1) is 13.8 Å². The first-order chi connectivity index (χ1) is 12.6. The van der Waals surface area contributed by atoms with Gasteiger partial charge < -0.3 is 4.74 Å². The molecule has 26 heavy (non-hydrogen) atoms. The van der Waals surface area contributed by atoms with Gasteiger partial charge in [-0.05, 0) is 72.5 Å². The van der Waals surface area contributed by atoms with E-state index in [0.717, 1.165) is 27.6 Å². The average Bonchev–Trinajstić information content (AvgIpc) is 2.65. The molecule has 0 unspecified atom stereocenters. The summed E-state index contributed by atoms with van der Waals surface area (Å²) in [5, 5.41) is 4.97. The molecule has 3 aromatic carbocycles. The Kier molecular flexibility index (Phi) is 5.92. The van der Waals surface area contributed by atoms with E-state index in [2.05, 4.69) is 29.6 Å². The van der Waals surface area contributed by atoms with Gasteiger partial charge in [0.15, 0.2) is 0 Å². The number of benzene rings is 3. The molecular weight excluding hydrogens is 344 g/mol. The first kappa shape index (κ1) is 18.0. The highest BCUT2D eigenvalue weighted by molar-refractivity contribution is 6.31. The predicted octanol–water partition coefficient (Wildman–Crippen LogP) is 5.98. The molecule has 0 aliphatic heterocycles. The third-order valence-electron chi connectivity index (χ3n) is 4.11. The number of hydrogen-bond donors (Lipinski definition) is 1. The van der Waals surface area contributed by atoms with Gasteiger partial charge in [-0.25, -0.2) is 0 Å². The van der Waals surface area contributed by atoms with Crippen molar-refractivity contribution < 1.29 is 4.74 Å². The van der Waals surface area contributed by atoms with Crippen LogP contribution in [0.25, 0.3) is 0 Å². The van der Waals surface area contributed by atoms with E-state index in [1.54, 1.807) is 6.21 Å². The number of hydrazone groups is 1. The molecule has 0 radical (unpaired) electrons. The maximum absolute atomic E-state index is 6.11. The van der Waals surface area contributed by atoms with Crippen LogP contribution < -0.4 is 10.2 Å². The quantitative estimate of drug-likeness (QED) is 0.431. The minimum Gasteiger partial charge on any atom is -0.489 e. The van der Waals surface area contributed by atoms with Gasteiger partial charge in [-0.15, -0.1) is 0 Å². The number of nitrogens with one attached hydrogen (secondary N) is 1. The number of hydrogen-bond acceptors (Lipinski definition) is 3. The minimum atomic E-state index is 0.565. The van der Waals surface area contributed by atoms with Crippen LogP contribution in [0.2, 0.25) is 5.02 Å². The zero-order valence-electron chi connectivity index (χ0n) is 14.9. The Hall–Kier alpha value is -2.78. The van der Waals surface area contributed by atoms with Gasteiger partial charge in [-0.1, -0.05) is 41.9 Å². The van der Waals surface area contributed by atoms with Crippen LogP contribution in [-0.2, 0) is 6.61 Å². The molecule has 0 saturated heterocycles. The fraction of sp³-hybridized carbons (Fsp3) is 0.136. The maximum Gasteiger partial charge on any atom is 0.119 e. The molecule has 0 fully saturated rings. The molecule has 0 amide bonds. The third-order valence-corrected chi connectivity index (χ3v) is 4.52.